The van der Waals surface area contributed by atoms with Gasteiger partial charge in [0, 0.05) is 89.5 Å². The molecule has 0 aliphatic heterocycles. The van der Waals surface area contributed by atoms with Gasteiger partial charge < -0.3 is 0 Å². The van der Waals surface area contributed by atoms with Gasteiger partial charge in [0.05, 0.1) is 61.6 Å². The predicted molar refractivity (Wildman–Crippen MR) is 422 cm³/mol. The highest BCUT2D eigenvalue weighted by Crippen LogP contribution is 2.40. The van der Waals surface area contributed by atoms with Crippen LogP contribution in [0, 0.1) is 6.92 Å². The van der Waals surface area contributed by atoms with Crippen LogP contribution in [0.25, 0.3) is 189 Å². The van der Waals surface area contributed by atoms with Gasteiger partial charge in [-0.3, -0.25) is 19.9 Å². The number of benzene rings is 11. The van der Waals surface area contributed by atoms with Gasteiger partial charge in [0.1, 0.15) is 5.69 Å². The number of para-hydroxylation sites is 2. The zero-order valence-corrected chi connectivity index (χ0v) is 56.4. The van der Waals surface area contributed by atoms with Crippen molar-refractivity contribution in [2.45, 2.75) is 20.3 Å². The van der Waals surface area contributed by atoms with E-state index in [0.29, 0.717) is 17.3 Å². The van der Waals surface area contributed by atoms with Crippen molar-refractivity contribution in [3.05, 3.63) is 339 Å². The molecule has 0 aliphatic carbocycles. The summed E-state index contributed by atoms with van der Waals surface area (Å²) >= 11 is 0. The summed E-state index contributed by atoms with van der Waals surface area (Å²) in [5.41, 5.74) is 24.9. The monoisotopic (exact) mass is 1320 g/mol. The fourth-order valence-corrected chi connectivity index (χ4v) is 14.2. The average Bonchev–Trinajstić information content (AvgIpc) is 0.758. The lowest BCUT2D eigenvalue weighted by Crippen LogP contribution is -1.98. The minimum atomic E-state index is 0.559. The van der Waals surface area contributed by atoms with Crippen LogP contribution in [-0.4, -0.2) is 49.8 Å². The van der Waals surface area contributed by atoms with E-state index in [0.717, 1.165) is 167 Å². The van der Waals surface area contributed by atoms with Crippen LogP contribution < -0.4 is 0 Å². The fourth-order valence-electron chi connectivity index (χ4n) is 14.2. The molecule has 0 N–H and O–H groups in total. The van der Waals surface area contributed by atoms with Crippen molar-refractivity contribution < 1.29 is 0 Å². The quantitative estimate of drug-likeness (QED) is 0.115. The van der Waals surface area contributed by atoms with Crippen LogP contribution in [-0.2, 0) is 6.42 Å². The molecule has 0 amide bonds. The van der Waals surface area contributed by atoms with Crippen molar-refractivity contribution in [2.24, 2.45) is 0 Å². The number of fused-ring (bicyclic) bond motifs is 9. The van der Waals surface area contributed by atoms with Gasteiger partial charge in [-0.15, -0.1) is 0 Å². The van der Waals surface area contributed by atoms with E-state index in [1.54, 1.807) is 0 Å². The summed E-state index contributed by atoms with van der Waals surface area (Å²) in [6, 6.07) is 109. The summed E-state index contributed by atoms with van der Waals surface area (Å²) in [7, 11) is 0. The zero-order chi connectivity index (χ0) is 68.7. The molecule has 0 bridgehead atoms. The molecule has 0 atom stereocenters. The molecular formula is C93H62N10. The molecule has 0 fully saturated rings. The lowest BCUT2D eigenvalue weighted by atomic mass is 9.94. The van der Waals surface area contributed by atoms with Crippen molar-refractivity contribution in [3.8, 4) is 113 Å². The molecule has 19 aromatic rings. The second-order valence-electron chi connectivity index (χ2n) is 25.8. The number of pyridine rings is 6. The van der Waals surface area contributed by atoms with E-state index in [4.69, 9.17) is 49.8 Å². The van der Waals surface area contributed by atoms with Gasteiger partial charge in [0.25, 0.3) is 0 Å². The Labute approximate surface area is 594 Å². The van der Waals surface area contributed by atoms with Crippen LogP contribution in [0.4, 0.5) is 0 Å². The normalized spacial score (nSPS) is 11.4. The molecule has 0 saturated carbocycles. The Morgan fingerprint density at radius 3 is 1.32 bits per heavy atom. The number of hydrogen-bond donors (Lipinski definition) is 0. The number of nitrogens with zero attached hydrogens (tertiary/aromatic N) is 10. The largest absolute Gasteiger partial charge is 0.256 e. The van der Waals surface area contributed by atoms with Crippen LogP contribution in [0.3, 0.4) is 0 Å². The number of aromatic nitrogens is 10. The van der Waals surface area contributed by atoms with Crippen LogP contribution in [0.2, 0.25) is 0 Å². The third-order valence-corrected chi connectivity index (χ3v) is 19.2. The summed E-state index contributed by atoms with van der Waals surface area (Å²) in [4.78, 5) is 50.8. The first-order valence-corrected chi connectivity index (χ1v) is 34.6. The Morgan fingerprint density at radius 1 is 0.223 bits per heavy atom. The first kappa shape index (κ1) is 61.6. The van der Waals surface area contributed by atoms with Crippen molar-refractivity contribution in [1.82, 2.24) is 49.8 Å². The van der Waals surface area contributed by atoms with Gasteiger partial charge in [-0.05, 0) is 118 Å². The summed E-state index contributed by atoms with van der Waals surface area (Å²) in [6.07, 6.45) is 4.50. The van der Waals surface area contributed by atoms with E-state index in [9.17, 15) is 0 Å². The molecule has 0 spiro atoms. The van der Waals surface area contributed by atoms with E-state index in [2.05, 4.69) is 256 Å². The molecule has 0 saturated heterocycles. The maximum Gasteiger partial charge on any atom is 0.179 e. The molecule has 8 heterocycles. The van der Waals surface area contributed by atoms with Gasteiger partial charge in [0.2, 0.25) is 0 Å². The lowest BCUT2D eigenvalue weighted by molar-refractivity contribution is 1.06. The minimum Gasteiger partial charge on any atom is -0.256 e. The number of hydrogen-bond acceptors (Lipinski definition) is 10. The van der Waals surface area contributed by atoms with Crippen molar-refractivity contribution >= 4 is 76.2 Å². The van der Waals surface area contributed by atoms with Crippen molar-refractivity contribution in [3.63, 3.8) is 0 Å². The Balaban J connectivity index is 0.000000148. The predicted octanol–water partition coefficient (Wildman–Crippen LogP) is 22.9. The molecule has 484 valence electrons. The maximum atomic E-state index is 5.35. The van der Waals surface area contributed by atoms with Crippen LogP contribution in [0.5, 0.6) is 0 Å². The number of aryl methyl sites for hydroxylation is 2. The van der Waals surface area contributed by atoms with Gasteiger partial charge in [-0.2, -0.15) is 0 Å². The van der Waals surface area contributed by atoms with E-state index in [-0.39, 0.29) is 0 Å². The van der Waals surface area contributed by atoms with Crippen LogP contribution >= 0.6 is 0 Å². The summed E-state index contributed by atoms with van der Waals surface area (Å²) < 4.78 is 0. The minimum absolute atomic E-state index is 0.559. The molecule has 0 aliphatic rings. The second kappa shape index (κ2) is 26.5. The summed E-state index contributed by atoms with van der Waals surface area (Å²) in [6.45, 7) is 4.19. The maximum absolute atomic E-state index is 5.35. The Morgan fingerprint density at radius 2 is 0.670 bits per heavy atom. The molecule has 8 aromatic heterocycles. The molecule has 10 nitrogen and oxygen atoms in total. The van der Waals surface area contributed by atoms with Gasteiger partial charge in [-0.25, -0.2) is 29.9 Å². The van der Waals surface area contributed by atoms with E-state index in [1.807, 2.05) is 86.0 Å². The van der Waals surface area contributed by atoms with E-state index >= 15 is 0 Å². The summed E-state index contributed by atoms with van der Waals surface area (Å²) in [5.74, 6) is 1.19. The molecule has 19 rings (SSSR count). The summed E-state index contributed by atoms with van der Waals surface area (Å²) in [5, 5.41) is 8.84. The topological polar surface area (TPSA) is 129 Å². The molecule has 11 aromatic carbocycles. The first-order chi connectivity index (χ1) is 50.9. The van der Waals surface area contributed by atoms with Gasteiger partial charge in [0.15, 0.2) is 11.6 Å². The van der Waals surface area contributed by atoms with Gasteiger partial charge >= 0.3 is 0 Å². The van der Waals surface area contributed by atoms with Gasteiger partial charge in [-0.1, -0.05) is 262 Å². The first-order valence-electron chi connectivity index (χ1n) is 34.6. The standard InChI is InChI=1S/C49H33N5.C44H29N5/c1-2-37-29-42(40-22-9-15-31-12-6-7-20-38(31)40)41-25-23-34-24-26-43(52-47(34)48(41)51-37)45-30-44(32-13-4-3-5-14-32)53-49(54-45)36-18-8-17-35(28-36)39-21-10-16-33-19-11-27-50-46(33)39;1-28-25-37(29-11-4-2-5-12-29)36-22-20-32-21-23-38(47-42(32)43(36)46-28)44-48-39(30-13-6-3-7-14-30)27-40(49-44)34-17-8-16-33(26-34)35-19-9-15-31-18-10-24-45-41(31)35/h3-30H,2H2,1H3;2-27H,1H3. The SMILES string of the molecule is CCc1cc(-c2cccc3ccccc23)c2ccc3ccc(-c4cc(-c5ccccc5)nc(-c5cccc(-c6cccc7cccnc67)c5)n4)nc3c2n1.Cc1cc(-c2ccccc2)c2ccc3ccc(-c4nc(-c5ccccc5)cc(-c5cccc(-c6cccc7cccnc67)c5)n4)nc3c2n1. The van der Waals surface area contributed by atoms with Crippen LogP contribution in [0.15, 0.2) is 328 Å². The highest BCUT2D eigenvalue weighted by Gasteiger charge is 2.20. The Kier molecular flexibility index (Phi) is 15.9. The third-order valence-electron chi connectivity index (χ3n) is 19.2. The molecule has 0 radical (unpaired) electrons. The zero-order valence-electron chi connectivity index (χ0n) is 56.4. The van der Waals surface area contributed by atoms with Crippen molar-refractivity contribution in [1.29, 1.82) is 0 Å². The highest BCUT2D eigenvalue weighted by molar-refractivity contribution is 6.12. The molecule has 10 heteroatoms. The average molecular weight is 1320 g/mol. The smallest absolute Gasteiger partial charge is 0.179 e. The molecular weight excluding hydrogens is 1260 g/mol. The Bertz CT molecular complexity index is 6490. The molecule has 103 heavy (non-hydrogen) atoms. The van der Waals surface area contributed by atoms with E-state index in [1.165, 1.54) is 21.9 Å². The second-order valence-corrected chi connectivity index (χ2v) is 25.8. The lowest BCUT2D eigenvalue weighted by Gasteiger charge is -2.14. The fraction of sp³-hybridized carbons (Fsp3) is 0.0323. The van der Waals surface area contributed by atoms with E-state index < -0.39 is 0 Å². The number of rotatable bonds is 11. The van der Waals surface area contributed by atoms with Crippen LogP contribution in [0.1, 0.15) is 18.3 Å². The highest BCUT2D eigenvalue weighted by atomic mass is 14.9. The van der Waals surface area contributed by atoms with Crippen molar-refractivity contribution in [2.75, 3.05) is 0 Å². The Hall–Kier alpha value is -13.7. The third kappa shape index (κ3) is 11.9. The molecule has 0 unspecified atom stereocenters.